The van der Waals surface area contributed by atoms with Crippen LogP contribution in [0.4, 0.5) is 17.1 Å². The van der Waals surface area contributed by atoms with Gasteiger partial charge in [0.05, 0.1) is 29.6 Å². The number of thioether (sulfide) groups is 1. The number of anilines is 2. The predicted molar refractivity (Wildman–Crippen MR) is 101 cm³/mol. The van der Waals surface area contributed by atoms with Gasteiger partial charge < -0.3 is 15.4 Å². The van der Waals surface area contributed by atoms with E-state index in [2.05, 4.69) is 10.6 Å². The number of nitro benzene ring substituents is 1. The molecule has 0 aliphatic heterocycles. The Kier molecular flexibility index (Phi) is 6.98. The van der Waals surface area contributed by atoms with Crippen LogP contribution in [0.1, 0.15) is 0 Å². The predicted octanol–water partition coefficient (Wildman–Crippen LogP) is 2.91. The number of rotatable bonds is 8. The van der Waals surface area contributed by atoms with E-state index in [0.717, 1.165) is 11.8 Å². The molecule has 9 heteroatoms. The molecule has 0 fully saturated rings. The third-order valence-corrected chi connectivity index (χ3v) is 4.13. The van der Waals surface area contributed by atoms with Crippen molar-refractivity contribution in [3.63, 3.8) is 0 Å². The maximum absolute atomic E-state index is 12.0. The van der Waals surface area contributed by atoms with Crippen molar-refractivity contribution in [2.24, 2.45) is 0 Å². The Balaban J connectivity index is 1.83. The SMILES string of the molecule is COc1ccc(NC(=O)CSCC(=O)Nc2ccccc2)c([N+](=O)[O-])c1. The van der Waals surface area contributed by atoms with Gasteiger partial charge in [-0.25, -0.2) is 0 Å². The number of hydrogen-bond acceptors (Lipinski definition) is 6. The van der Waals surface area contributed by atoms with Crippen molar-refractivity contribution in [3.8, 4) is 5.75 Å². The van der Waals surface area contributed by atoms with Gasteiger partial charge >= 0.3 is 0 Å². The van der Waals surface area contributed by atoms with Crippen LogP contribution in [0.15, 0.2) is 48.5 Å². The maximum Gasteiger partial charge on any atom is 0.296 e. The molecule has 0 aliphatic rings. The van der Waals surface area contributed by atoms with Gasteiger partial charge in [0.15, 0.2) is 0 Å². The molecule has 0 bridgehead atoms. The molecule has 0 spiro atoms. The van der Waals surface area contributed by atoms with E-state index in [0.29, 0.717) is 11.4 Å². The first-order chi connectivity index (χ1) is 12.5. The Hall–Kier alpha value is -3.07. The van der Waals surface area contributed by atoms with Crippen molar-refractivity contribution in [3.05, 3.63) is 58.6 Å². The van der Waals surface area contributed by atoms with Crippen LogP contribution in [-0.2, 0) is 9.59 Å². The van der Waals surface area contributed by atoms with Gasteiger partial charge in [0.25, 0.3) is 5.69 Å². The highest BCUT2D eigenvalue weighted by atomic mass is 32.2. The summed E-state index contributed by atoms with van der Waals surface area (Å²) in [5.41, 5.74) is 0.496. The summed E-state index contributed by atoms with van der Waals surface area (Å²) in [6.45, 7) is 0. The fourth-order valence-electron chi connectivity index (χ4n) is 2.04. The van der Waals surface area contributed by atoms with E-state index in [9.17, 15) is 19.7 Å². The number of hydrogen-bond donors (Lipinski definition) is 2. The molecular formula is C17H17N3O5S. The summed E-state index contributed by atoms with van der Waals surface area (Å²) in [6.07, 6.45) is 0. The van der Waals surface area contributed by atoms with Gasteiger partial charge in [-0.2, -0.15) is 0 Å². The number of carbonyl (C=O) groups excluding carboxylic acids is 2. The molecule has 2 rings (SSSR count). The summed E-state index contributed by atoms with van der Waals surface area (Å²) in [7, 11) is 1.40. The Bertz CT molecular complexity index is 798. The Morgan fingerprint density at radius 3 is 2.35 bits per heavy atom. The average Bonchev–Trinajstić information content (AvgIpc) is 2.62. The molecular weight excluding hydrogens is 358 g/mol. The first-order valence-corrected chi connectivity index (χ1v) is 8.70. The van der Waals surface area contributed by atoms with Gasteiger partial charge in [0.2, 0.25) is 11.8 Å². The van der Waals surface area contributed by atoms with E-state index in [1.165, 1.54) is 25.3 Å². The Morgan fingerprint density at radius 2 is 1.73 bits per heavy atom. The smallest absolute Gasteiger partial charge is 0.296 e. The third-order valence-electron chi connectivity index (χ3n) is 3.20. The van der Waals surface area contributed by atoms with Crippen LogP contribution in [0.3, 0.4) is 0 Å². The lowest BCUT2D eigenvalue weighted by Crippen LogP contribution is -2.18. The van der Waals surface area contributed by atoms with E-state index in [1.807, 2.05) is 6.07 Å². The van der Waals surface area contributed by atoms with E-state index >= 15 is 0 Å². The molecule has 136 valence electrons. The zero-order valence-corrected chi connectivity index (χ0v) is 14.7. The van der Waals surface area contributed by atoms with Crippen molar-refractivity contribution in [1.82, 2.24) is 0 Å². The summed E-state index contributed by atoms with van der Waals surface area (Å²) in [5, 5.41) is 16.3. The van der Waals surface area contributed by atoms with Gasteiger partial charge in [0, 0.05) is 5.69 Å². The second-order valence-electron chi connectivity index (χ2n) is 5.10. The number of nitro groups is 1. The molecule has 2 amide bonds. The third kappa shape index (κ3) is 5.78. The second kappa shape index (κ2) is 9.42. The lowest BCUT2D eigenvalue weighted by Gasteiger charge is -2.08. The minimum atomic E-state index is -0.599. The fourth-order valence-corrected chi connectivity index (χ4v) is 2.65. The summed E-state index contributed by atoms with van der Waals surface area (Å²) >= 11 is 1.11. The number of amides is 2. The van der Waals surface area contributed by atoms with Gasteiger partial charge in [-0.3, -0.25) is 19.7 Å². The van der Waals surface area contributed by atoms with E-state index in [1.54, 1.807) is 24.3 Å². The van der Waals surface area contributed by atoms with Gasteiger partial charge in [-0.15, -0.1) is 11.8 Å². The number of para-hydroxylation sites is 1. The maximum atomic E-state index is 12.0. The Labute approximate surface area is 154 Å². The van der Waals surface area contributed by atoms with Crippen LogP contribution in [0, 0.1) is 10.1 Å². The number of methoxy groups -OCH3 is 1. The standard InChI is InChI=1S/C17H17N3O5S/c1-25-13-7-8-14(15(9-13)20(23)24)19-17(22)11-26-10-16(21)18-12-5-3-2-4-6-12/h2-9H,10-11H2,1H3,(H,18,21)(H,19,22). The van der Waals surface area contributed by atoms with Crippen LogP contribution in [0.5, 0.6) is 5.75 Å². The molecule has 2 aromatic rings. The van der Waals surface area contributed by atoms with Crippen molar-refractivity contribution < 1.29 is 19.2 Å². The highest BCUT2D eigenvalue weighted by molar-refractivity contribution is 8.00. The van der Waals surface area contributed by atoms with Crippen molar-refractivity contribution in [2.75, 3.05) is 29.2 Å². The highest BCUT2D eigenvalue weighted by Gasteiger charge is 2.17. The van der Waals surface area contributed by atoms with Crippen LogP contribution in [-0.4, -0.2) is 35.4 Å². The Morgan fingerprint density at radius 1 is 1.08 bits per heavy atom. The fraction of sp³-hybridized carbons (Fsp3) is 0.176. The molecule has 0 heterocycles. The molecule has 0 unspecified atom stereocenters. The summed E-state index contributed by atoms with van der Waals surface area (Å²) in [5.74, 6) is -0.264. The highest BCUT2D eigenvalue weighted by Crippen LogP contribution is 2.29. The summed E-state index contributed by atoms with van der Waals surface area (Å²) in [4.78, 5) is 34.3. The normalized spacial score (nSPS) is 10.0. The summed E-state index contributed by atoms with van der Waals surface area (Å²) < 4.78 is 4.94. The van der Waals surface area contributed by atoms with Gasteiger partial charge in [-0.05, 0) is 24.3 Å². The first kappa shape index (κ1) is 19.3. The quantitative estimate of drug-likeness (QED) is 0.542. The molecule has 0 aromatic heterocycles. The van der Waals surface area contributed by atoms with E-state index < -0.39 is 10.8 Å². The van der Waals surface area contributed by atoms with Crippen molar-refractivity contribution >= 4 is 40.6 Å². The number of benzene rings is 2. The molecule has 0 radical (unpaired) electrons. The molecule has 26 heavy (non-hydrogen) atoms. The van der Waals surface area contributed by atoms with Crippen LogP contribution < -0.4 is 15.4 Å². The summed E-state index contributed by atoms with van der Waals surface area (Å²) in [6, 6.07) is 13.1. The lowest BCUT2D eigenvalue weighted by molar-refractivity contribution is -0.384. The number of carbonyl (C=O) groups is 2. The molecule has 2 aromatic carbocycles. The van der Waals surface area contributed by atoms with Crippen molar-refractivity contribution in [1.29, 1.82) is 0 Å². The number of nitrogens with zero attached hydrogens (tertiary/aromatic N) is 1. The minimum Gasteiger partial charge on any atom is -0.496 e. The zero-order valence-electron chi connectivity index (χ0n) is 13.9. The molecule has 0 atom stereocenters. The lowest BCUT2D eigenvalue weighted by atomic mass is 10.2. The van der Waals surface area contributed by atoms with Gasteiger partial charge in [-0.1, -0.05) is 18.2 Å². The van der Waals surface area contributed by atoms with E-state index in [-0.39, 0.29) is 28.8 Å². The van der Waals surface area contributed by atoms with Crippen LogP contribution in [0.2, 0.25) is 0 Å². The molecule has 8 nitrogen and oxygen atoms in total. The largest absolute Gasteiger partial charge is 0.496 e. The topological polar surface area (TPSA) is 111 Å². The van der Waals surface area contributed by atoms with Gasteiger partial charge in [0.1, 0.15) is 11.4 Å². The average molecular weight is 375 g/mol. The molecule has 2 N–H and O–H groups in total. The second-order valence-corrected chi connectivity index (χ2v) is 6.08. The minimum absolute atomic E-state index is 0.00854. The van der Waals surface area contributed by atoms with Crippen molar-refractivity contribution in [2.45, 2.75) is 0 Å². The monoisotopic (exact) mass is 375 g/mol. The first-order valence-electron chi connectivity index (χ1n) is 7.54. The molecule has 0 aliphatic carbocycles. The van der Waals surface area contributed by atoms with E-state index in [4.69, 9.17) is 4.74 Å². The molecule has 0 saturated carbocycles. The number of ether oxygens (including phenoxy) is 1. The number of nitrogens with one attached hydrogen (secondary N) is 2. The zero-order chi connectivity index (χ0) is 18.9. The van der Waals surface area contributed by atoms with Crippen LogP contribution in [0.25, 0.3) is 0 Å². The molecule has 0 saturated heterocycles. The van der Waals surface area contributed by atoms with Crippen LogP contribution >= 0.6 is 11.8 Å².